The van der Waals surface area contributed by atoms with Crippen LogP contribution >= 0.6 is 0 Å². The average Bonchev–Trinajstić information content (AvgIpc) is 2.51. The van der Waals surface area contributed by atoms with E-state index in [1.54, 1.807) is 37.4 Å². The number of pyridine rings is 1. The van der Waals surface area contributed by atoms with Gasteiger partial charge in [-0.1, -0.05) is 6.07 Å². The van der Waals surface area contributed by atoms with Gasteiger partial charge in [-0.05, 0) is 31.2 Å². The molecule has 0 atom stereocenters. The summed E-state index contributed by atoms with van der Waals surface area (Å²) in [6, 6.07) is 10.7. The zero-order valence-corrected chi connectivity index (χ0v) is 11.9. The van der Waals surface area contributed by atoms with Crippen molar-refractivity contribution in [1.29, 1.82) is 5.26 Å². The van der Waals surface area contributed by atoms with Gasteiger partial charge in [-0.2, -0.15) is 10.2 Å². The largest absolute Gasteiger partial charge is 0.495 e. The lowest BCUT2D eigenvalue weighted by molar-refractivity contribution is 0.329. The summed E-state index contributed by atoms with van der Waals surface area (Å²) >= 11 is 0. The van der Waals surface area contributed by atoms with E-state index >= 15 is 0 Å². The predicted octanol–water partition coefficient (Wildman–Crippen LogP) is 2.69. The summed E-state index contributed by atoms with van der Waals surface area (Å²) in [6.45, 7) is 2.33. The van der Waals surface area contributed by atoms with Crippen molar-refractivity contribution >= 4 is 17.2 Å². The third-order valence-corrected chi connectivity index (χ3v) is 2.79. The monoisotopic (exact) mass is 284 g/mol. The first-order valence-electron chi connectivity index (χ1n) is 6.43. The summed E-state index contributed by atoms with van der Waals surface area (Å²) < 4.78 is 10.6. The molecule has 0 bridgehead atoms. The fourth-order valence-corrected chi connectivity index (χ4v) is 1.82. The molecular weight excluding hydrogens is 268 g/mol. The molecule has 0 fully saturated rings. The first-order valence-corrected chi connectivity index (χ1v) is 6.43. The minimum Gasteiger partial charge on any atom is -0.495 e. The first kappa shape index (κ1) is 14.5. The van der Waals surface area contributed by atoms with E-state index in [2.05, 4.69) is 16.4 Å². The number of hydrogen-bond donors (Lipinski definition) is 2. The van der Waals surface area contributed by atoms with Crippen LogP contribution in [0.2, 0.25) is 0 Å². The summed E-state index contributed by atoms with van der Waals surface area (Å²) in [5, 5.41) is 12.3. The molecular formula is C15H16N4O2. The van der Waals surface area contributed by atoms with Crippen LogP contribution in [0.1, 0.15) is 12.5 Å². The first-order chi connectivity index (χ1) is 10.2. The van der Waals surface area contributed by atoms with Gasteiger partial charge < -0.3 is 20.5 Å². The van der Waals surface area contributed by atoms with E-state index in [0.717, 1.165) is 0 Å². The number of hydrogen-bond acceptors (Lipinski definition) is 6. The van der Waals surface area contributed by atoms with Crippen LogP contribution in [-0.2, 0) is 0 Å². The standard InChI is InChI=1S/C15H16N4O2/c1-3-21-15-11(17)7-8-13(19-15)18-14-10(9-16)5-4-6-12(14)20-2/h4-8H,3,17H2,1-2H3,(H,18,19). The Bertz CT molecular complexity index is 680. The highest BCUT2D eigenvalue weighted by molar-refractivity contribution is 5.72. The maximum absolute atomic E-state index is 9.19. The zero-order valence-electron chi connectivity index (χ0n) is 11.9. The Balaban J connectivity index is 2.39. The molecule has 6 heteroatoms. The van der Waals surface area contributed by atoms with E-state index in [0.29, 0.717) is 41.0 Å². The van der Waals surface area contributed by atoms with Crippen molar-refractivity contribution in [2.75, 3.05) is 24.8 Å². The second-order valence-corrected chi connectivity index (χ2v) is 4.14. The van der Waals surface area contributed by atoms with E-state index in [1.807, 2.05) is 6.92 Å². The average molecular weight is 284 g/mol. The number of ether oxygens (including phenoxy) is 2. The lowest BCUT2D eigenvalue weighted by Crippen LogP contribution is -2.03. The maximum atomic E-state index is 9.19. The molecule has 0 saturated carbocycles. The van der Waals surface area contributed by atoms with Crippen LogP contribution in [0.3, 0.4) is 0 Å². The topological polar surface area (TPSA) is 93.2 Å². The van der Waals surface area contributed by atoms with Crippen LogP contribution in [0, 0.1) is 11.3 Å². The molecule has 1 aromatic carbocycles. The molecule has 0 radical (unpaired) electrons. The molecule has 3 N–H and O–H groups in total. The van der Waals surface area contributed by atoms with Gasteiger partial charge in [-0.3, -0.25) is 0 Å². The van der Waals surface area contributed by atoms with Crippen molar-refractivity contribution in [2.45, 2.75) is 6.92 Å². The molecule has 0 aliphatic carbocycles. The van der Waals surface area contributed by atoms with E-state index in [-0.39, 0.29) is 0 Å². The van der Waals surface area contributed by atoms with Crippen LogP contribution in [0.25, 0.3) is 0 Å². The minimum atomic E-state index is 0.357. The summed E-state index contributed by atoms with van der Waals surface area (Å²) in [7, 11) is 1.55. The fourth-order valence-electron chi connectivity index (χ4n) is 1.82. The fraction of sp³-hybridized carbons (Fsp3) is 0.200. The van der Waals surface area contributed by atoms with E-state index in [1.165, 1.54) is 0 Å². The molecule has 108 valence electrons. The highest BCUT2D eigenvalue weighted by Gasteiger charge is 2.11. The third-order valence-electron chi connectivity index (χ3n) is 2.79. The number of nitrogens with one attached hydrogen (secondary N) is 1. The normalized spacial score (nSPS) is 9.76. The number of benzene rings is 1. The summed E-state index contributed by atoms with van der Waals surface area (Å²) in [6.07, 6.45) is 0. The van der Waals surface area contributed by atoms with Crippen molar-refractivity contribution in [1.82, 2.24) is 4.98 Å². The number of methoxy groups -OCH3 is 1. The van der Waals surface area contributed by atoms with E-state index in [4.69, 9.17) is 15.2 Å². The van der Waals surface area contributed by atoms with Crippen molar-refractivity contribution in [3.63, 3.8) is 0 Å². The molecule has 0 spiro atoms. The molecule has 1 aromatic heterocycles. The summed E-state index contributed by atoms with van der Waals surface area (Å²) in [4.78, 5) is 4.28. The Morgan fingerprint density at radius 2 is 2.14 bits per heavy atom. The Kier molecular flexibility index (Phi) is 4.46. The van der Waals surface area contributed by atoms with Crippen molar-refractivity contribution < 1.29 is 9.47 Å². The molecule has 6 nitrogen and oxygen atoms in total. The second kappa shape index (κ2) is 6.48. The quantitative estimate of drug-likeness (QED) is 0.876. The van der Waals surface area contributed by atoms with Gasteiger partial charge in [0.25, 0.3) is 0 Å². The number of aromatic nitrogens is 1. The lowest BCUT2D eigenvalue weighted by Gasteiger charge is -2.13. The van der Waals surface area contributed by atoms with Gasteiger partial charge in [0.1, 0.15) is 23.3 Å². The van der Waals surface area contributed by atoms with Gasteiger partial charge in [0.05, 0.1) is 25.0 Å². The van der Waals surface area contributed by atoms with Crippen molar-refractivity contribution in [3.8, 4) is 17.7 Å². The predicted molar refractivity (Wildman–Crippen MR) is 80.8 cm³/mol. The molecule has 0 saturated heterocycles. The third kappa shape index (κ3) is 3.15. The Labute approximate surface area is 123 Å². The van der Waals surface area contributed by atoms with Gasteiger partial charge in [-0.25, -0.2) is 0 Å². The Morgan fingerprint density at radius 1 is 1.33 bits per heavy atom. The van der Waals surface area contributed by atoms with Gasteiger partial charge >= 0.3 is 0 Å². The molecule has 0 unspecified atom stereocenters. The van der Waals surface area contributed by atoms with E-state index in [9.17, 15) is 5.26 Å². The Hall–Kier alpha value is -2.94. The number of anilines is 3. The SMILES string of the molecule is CCOc1nc(Nc2c(C#N)cccc2OC)ccc1N. The molecule has 0 aliphatic heterocycles. The van der Waals surface area contributed by atoms with Gasteiger partial charge in [0.2, 0.25) is 5.88 Å². The van der Waals surface area contributed by atoms with E-state index < -0.39 is 0 Å². The number of nitrogens with zero attached hydrogens (tertiary/aromatic N) is 2. The van der Waals surface area contributed by atoms with Crippen LogP contribution < -0.4 is 20.5 Å². The number of nitrogens with two attached hydrogens (primary N) is 1. The molecule has 1 heterocycles. The number of nitrogen functional groups attached to an aromatic ring is 1. The van der Waals surface area contributed by atoms with Gasteiger partial charge in [-0.15, -0.1) is 0 Å². The van der Waals surface area contributed by atoms with Gasteiger partial charge in [0.15, 0.2) is 0 Å². The summed E-state index contributed by atoms with van der Waals surface area (Å²) in [5.41, 5.74) is 7.27. The number of nitriles is 1. The number of para-hydroxylation sites is 1. The van der Waals surface area contributed by atoms with Crippen LogP contribution in [0.4, 0.5) is 17.2 Å². The van der Waals surface area contributed by atoms with Crippen LogP contribution in [0.15, 0.2) is 30.3 Å². The molecule has 0 aliphatic rings. The molecule has 2 aromatic rings. The number of rotatable bonds is 5. The van der Waals surface area contributed by atoms with Gasteiger partial charge in [0, 0.05) is 0 Å². The van der Waals surface area contributed by atoms with Crippen molar-refractivity contribution in [3.05, 3.63) is 35.9 Å². The highest BCUT2D eigenvalue weighted by Crippen LogP contribution is 2.31. The highest BCUT2D eigenvalue weighted by atomic mass is 16.5. The van der Waals surface area contributed by atoms with Crippen LogP contribution in [-0.4, -0.2) is 18.7 Å². The van der Waals surface area contributed by atoms with Crippen molar-refractivity contribution in [2.24, 2.45) is 0 Å². The minimum absolute atomic E-state index is 0.357. The smallest absolute Gasteiger partial charge is 0.239 e. The second-order valence-electron chi connectivity index (χ2n) is 4.14. The zero-order chi connectivity index (χ0) is 15.2. The Morgan fingerprint density at radius 3 is 2.81 bits per heavy atom. The lowest BCUT2D eigenvalue weighted by atomic mass is 10.1. The maximum Gasteiger partial charge on any atom is 0.239 e. The molecule has 0 amide bonds. The summed E-state index contributed by atoms with van der Waals surface area (Å²) in [5.74, 6) is 1.44. The van der Waals surface area contributed by atoms with Crippen LogP contribution in [0.5, 0.6) is 11.6 Å². The molecule has 2 rings (SSSR count). The molecule has 21 heavy (non-hydrogen) atoms.